The predicted octanol–water partition coefficient (Wildman–Crippen LogP) is 3.70. The first-order valence-corrected chi connectivity index (χ1v) is 11.3. The van der Waals surface area contributed by atoms with E-state index in [1.54, 1.807) is 6.08 Å². The molecule has 1 amide bonds. The van der Waals surface area contributed by atoms with Crippen LogP contribution in [-0.4, -0.2) is 53.5 Å². The van der Waals surface area contributed by atoms with E-state index in [0.717, 1.165) is 42.0 Å². The van der Waals surface area contributed by atoms with Crippen LogP contribution in [0.4, 0.5) is 11.6 Å². The molecule has 1 aliphatic carbocycles. The lowest BCUT2D eigenvalue weighted by Gasteiger charge is -2.36. The van der Waals surface area contributed by atoms with Crippen molar-refractivity contribution in [1.29, 1.82) is 0 Å². The van der Waals surface area contributed by atoms with E-state index in [9.17, 15) is 4.79 Å². The Kier molecular flexibility index (Phi) is 7.39. The molecule has 0 radical (unpaired) electrons. The van der Waals surface area contributed by atoms with E-state index in [-0.39, 0.29) is 18.0 Å². The smallest absolute Gasteiger partial charge is 0.243 e. The van der Waals surface area contributed by atoms with Gasteiger partial charge in [-0.3, -0.25) is 4.79 Å². The fourth-order valence-electron chi connectivity index (χ4n) is 3.77. The van der Waals surface area contributed by atoms with E-state index in [2.05, 4.69) is 20.6 Å². The van der Waals surface area contributed by atoms with Gasteiger partial charge in [0.1, 0.15) is 29.5 Å². The van der Waals surface area contributed by atoms with Crippen molar-refractivity contribution in [3.63, 3.8) is 0 Å². The molecule has 0 spiro atoms. The lowest BCUT2D eigenvalue weighted by molar-refractivity contribution is -0.117. The molecular weight excluding hydrogens is 428 g/mol. The van der Waals surface area contributed by atoms with E-state index in [0.29, 0.717) is 11.6 Å². The Morgan fingerprint density at radius 3 is 2.47 bits per heavy atom. The van der Waals surface area contributed by atoms with Crippen molar-refractivity contribution in [2.24, 2.45) is 0 Å². The van der Waals surface area contributed by atoms with Crippen LogP contribution in [0.25, 0.3) is 11.1 Å². The highest BCUT2D eigenvalue weighted by molar-refractivity contribution is 5.88. The molecule has 1 fully saturated rings. The Balaban J connectivity index is 1.37. The maximum atomic E-state index is 12.0. The largest absolute Gasteiger partial charge is 0.457 e. The van der Waals surface area contributed by atoms with Crippen LogP contribution in [0.2, 0.25) is 0 Å². The van der Waals surface area contributed by atoms with Crippen LogP contribution in [0.1, 0.15) is 12.8 Å². The zero-order valence-electron chi connectivity index (χ0n) is 19.4. The molecule has 0 atom stereocenters. The molecule has 4 N–H and O–H groups in total. The number of hydrogen-bond acceptors (Lipinski definition) is 7. The lowest BCUT2D eigenvalue weighted by atomic mass is 9.86. The van der Waals surface area contributed by atoms with Gasteiger partial charge in [-0.05, 0) is 56.8 Å². The number of nitrogens with two attached hydrogens (primary N) is 1. The monoisotopic (exact) mass is 458 g/mol. The Morgan fingerprint density at radius 2 is 1.76 bits per heavy atom. The van der Waals surface area contributed by atoms with Crippen molar-refractivity contribution >= 4 is 17.5 Å². The number of para-hydroxylation sites is 1. The standard InChI is InChI=1S/C26H30N6O2/c1-32(2)14-6-9-23(33)30-19-15-20(16-19)31-26-24(25(27)28-17-29-26)18-10-12-22(13-11-18)34-21-7-4-3-5-8-21/h3-13,17,19-20H,14-16H2,1-2H3,(H,30,33)(H3,27,28,29,31)/b9-6+/t19-,20+. The van der Waals surface area contributed by atoms with Crippen LogP contribution in [0, 0.1) is 0 Å². The number of nitrogens with one attached hydrogen (secondary N) is 2. The third kappa shape index (κ3) is 6.11. The van der Waals surface area contributed by atoms with Crippen LogP contribution < -0.4 is 21.1 Å². The van der Waals surface area contributed by atoms with Gasteiger partial charge in [-0.15, -0.1) is 0 Å². The summed E-state index contributed by atoms with van der Waals surface area (Å²) in [6, 6.07) is 17.7. The van der Waals surface area contributed by atoms with Crippen molar-refractivity contribution in [3.05, 3.63) is 73.1 Å². The highest BCUT2D eigenvalue weighted by atomic mass is 16.5. The van der Waals surface area contributed by atoms with Crippen LogP contribution >= 0.6 is 0 Å². The minimum atomic E-state index is -0.0601. The van der Waals surface area contributed by atoms with E-state index in [1.807, 2.05) is 79.7 Å². The van der Waals surface area contributed by atoms with Gasteiger partial charge < -0.3 is 26.0 Å². The van der Waals surface area contributed by atoms with Crippen molar-refractivity contribution < 1.29 is 9.53 Å². The summed E-state index contributed by atoms with van der Waals surface area (Å²) in [7, 11) is 3.93. The molecule has 1 saturated carbocycles. The molecule has 0 saturated heterocycles. The topological polar surface area (TPSA) is 105 Å². The predicted molar refractivity (Wildman–Crippen MR) is 135 cm³/mol. The number of carbonyl (C=O) groups excluding carboxylic acids is 1. The van der Waals surface area contributed by atoms with E-state index < -0.39 is 0 Å². The Morgan fingerprint density at radius 1 is 1.06 bits per heavy atom. The molecule has 1 heterocycles. The van der Waals surface area contributed by atoms with Gasteiger partial charge in [0.2, 0.25) is 5.91 Å². The van der Waals surface area contributed by atoms with Crippen LogP contribution in [0.15, 0.2) is 73.1 Å². The number of carbonyl (C=O) groups is 1. The zero-order valence-corrected chi connectivity index (χ0v) is 19.4. The highest BCUT2D eigenvalue weighted by Gasteiger charge is 2.31. The van der Waals surface area contributed by atoms with E-state index in [1.165, 1.54) is 6.33 Å². The number of amides is 1. The molecular formula is C26H30N6O2. The average molecular weight is 459 g/mol. The number of ether oxygens (including phenoxy) is 1. The number of anilines is 2. The van der Waals surface area contributed by atoms with Crippen molar-refractivity contribution in [2.75, 3.05) is 31.7 Å². The van der Waals surface area contributed by atoms with E-state index in [4.69, 9.17) is 10.5 Å². The molecule has 0 bridgehead atoms. The van der Waals surface area contributed by atoms with Crippen LogP contribution in [0.3, 0.4) is 0 Å². The molecule has 34 heavy (non-hydrogen) atoms. The minimum absolute atomic E-state index is 0.0601. The van der Waals surface area contributed by atoms with Gasteiger partial charge in [-0.1, -0.05) is 36.4 Å². The average Bonchev–Trinajstić information content (AvgIpc) is 2.79. The maximum absolute atomic E-state index is 12.0. The summed E-state index contributed by atoms with van der Waals surface area (Å²) in [4.78, 5) is 22.7. The van der Waals surface area contributed by atoms with Crippen molar-refractivity contribution in [2.45, 2.75) is 24.9 Å². The first-order chi connectivity index (χ1) is 16.5. The summed E-state index contributed by atoms with van der Waals surface area (Å²) in [6.45, 7) is 0.736. The first kappa shape index (κ1) is 23.3. The minimum Gasteiger partial charge on any atom is -0.457 e. The number of nitrogens with zero attached hydrogens (tertiary/aromatic N) is 3. The maximum Gasteiger partial charge on any atom is 0.243 e. The molecule has 0 aliphatic heterocycles. The SMILES string of the molecule is CN(C)C/C=C/C(=O)N[C@H]1C[C@@H](Nc2ncnc(N)c2-c2ccc(Oc3ccccc3)cc2)C1. The summed E-state index contributed by atoms with van der Waals surface area (Å²) >= 11 is 0. The second-order valence-electron chi connectivity index (χ2n) is 8.60. The number of nitrogen functional groups attached to an aromatic ring is 1. The molecule has 8 nitrogen and oxygen atoms in total. The molecule has 2 aromatic carbocycles. The molecule has 8 heteroatoms. The van der Waals surface area contributed by atoms with Gasteiger partial charge in [0.25, 0.3) is 0 Å². The number of aromatic nitrogens is 2. The number of hydrogen-bond donors (Lipinski definition) is 3. The van der Waals surface area contributed by atoms with Gasteiger partial charge in [-0.2, -0.15) is 0 Å². The molecule has 176 valence electrons. The number of benzene rings is 2. The third-order valence-electron chi connectivity index (χ3n) is 5.56. The van der Waals surface area contributed by atoms with Crippen molar-refractivity contribution in [1.82, 2.24) is 20.2 Å². The molecule has 3 aromatic rings. The van der Waals surface area contributed by atoms with E-state index >= 15 is 0 Å². The van der Waals surface area contributed by atoms with Gasteiger partial charge in [0.05, 0.1) is 5.56 Å². The first-order valence-electron chi connectivity index (χ1n) is 11.3. The Labute approximate surface area is 199 Å². The third-order valence-corrected chi connectivity index (χ3v) is 5.56. The van der Waals surface area contributed by atoms with Gasteiger partial charge in [0.15, 0.2) is 0 Å². The summed E-state index contributed by atoms with van der Waals surface area (Å²) in [5.41, 5.74) is 7.88. The van der Waals surface area contributed by atoms with Gasteiger partial charge >= 0.3 is 0 Å². The summed E-state index contributed by atoms with van der Waals surface area (Å²) in [5, 5.41) is 6.50. The molecule has 1 aliphatic rings. The molecule has 1 aromatic heterocycles. The lowest BCUT2D eigenvalue weighted by Crippen LogP contribution is -2.49. The Hall–Kier alpha value is -3.91. The summed E-state index contributed by atoms with van der Waals surface area (Å²) in [6.07, 6.45) is 6.55. The normalized spacial score (nSPS) is 17.4. The fourth-order valence-corrected chi connectivity index (χ4v) is 3.77. The summed E-state index contributed by atoms with van der Waals surface area (Å²) in [5.74, 6) is 2.54. The second-order valence-corrected chi connectivity index (χ2v) is 8.60. The van der Waals surface area contributed by atoms with Gasteiger partial charge in [-0.25, -0.2) is 9.97 Å². The quantitative estimate of drug-likeness (QED) is 0.420. The fraction of sp³-hybridized carbons (Fsp3) is 0.269. The van der Waals surface area contributed by atoms with Crippen LogP contribution in [0.5, 0.6) is 11.5 Å². The molecule has 0 unspecified atom stereocenters. The zero-order chi connectivity index (χ0) is 23.9. The van der Waals surface area contributed by atoms with Crippen LogP contribution in [-0.2, 0) is 4.79 Å². The highest BCUT2D eigenvalue weighted by Crippen LogP contribution is 2.34. The number of likely N-dealkylation sites (N-methyl/N-ethyl adjacent to an activating group) is 1. The Bertz CT molecular complexity index is 1130. The number of rotatable bonds is 9. The molecule has 4 rings (SSSR count). The summed E-state index contributed by atoms with van der Waals surface area (Å²) < 4.78 is 5.88. The second kappa shape index (κ2) is 10.8. The van der Waals surface area contributed by atoms with Gasteiger partial charge in [0, 0.05) is 24.7 Å². The van der Waals surface area contributed by atoms with Crippen molar-refractivity contribution in [3.8, 4) is 22.6 Å².